The highest BCUT2D eigenvalue weighted by Crippen LogP contribution is 2.18. The number of hydrogen-bond acceptors (Lipinski definition) is 5. The lowest BCUT2D eigenvalue weighted by atomic mass is 10.1. The minimum atomic E-state index is 0.168. The molecule has 0 bridgehead atoms. The molecule has 1 aromatic heterocycles. The number of phenolic OH excluding ortho intramolecular Hbond substituents is 1. The van der Waals surface area contributed by atoms with Crippen LogP contribution in [0.3, 0.4) is 0 Å². The van der Waals surface area contributed by atoms with E-state index in [0.717, 1.165) is 24.3 Å². The van der Waals surface area contributed by atoms with Gasteiger partial charge in [0.15, 0.2) is 0 Å². The van der Waals surface area contributed by atoms with Gasteiger partial charge in [0.25, 0.3) is 0 Å². The number of benzene rings is 2. The van der Waals surface area contributed by atoms with E-state index in [1.54, 1.807) is 18.3 Å². The van der Waals surface area contributed by atoms with Gasteiger partial charge in [0, 0.05) is 18.8 Å². The fourth-order valence-corrected chi connectivity index (χ4v) is 2.55. The number of nitrogens with zero attached hydrogens (tertiary/aromatic N) is 2. The van der Waals surface area contributed by atoms with Gasteiger partial charge in [-0.1, -0.05) is 42.5 Å². The smallest absolute Gasteiger partial charge is 0.224 e. The highest BCUT2D eigenvalue weighted by Gasteiger charge is 2.06. The number of phenols is 1. The molecule has 25 heavy (non-hydrogen) atoms. The first-order valence-corrected chi connectivity index (χ1v) is 8.37. The van der Waals surface area contributed by atoms with E-state index in [4.69, 9.17) is 0 Å². The molecule has 0 aliphatic heterocycles. The molecule has 0 aliphatic rings. The Balaban J connectivity index is 1.55. The minimum Gasteiger partial charge on any atom is -0.508 e. The number of aromatic nitrogens is 2. The fraction of sp³-hybridized carbons (Fsp3) is 0.200. The van der Waals surface area contributed by atoms with E-state index < -0.39 is 0 Å². The third-order valence-corrected chi connectivity index (χ3v) is 3.95. The van der Waals surface area contributed by atoms with Crippen molar-refractivity contribution in [2.45, 2.75) is 19.4 Å². The van der Waals surface area contributed by atoms with Crippen LogP contribution >= 0.6 is 0 Å². The van der Waals surface area contributed by atoms with Crippen molar-refractivity contribution >= 4 is 11.8 Å². The highest BCUT2D eigenvalue weighted by atomic mass is 16.3. The van der Waals surface area contributed by atoms with Crippen molar-refractivity contribution in [2.75, 3.05) is 17.2 Å². The van der Waals surface area contributed by atoms with Crippen LogP contribution in [0.15, 0.2) is 66.9 Å². The maximum absolute atomic E-state index is 9.30. The van der Waals surface area contributed by atoms with E-state index in [1.807, 2.05) is 36.4 Å². The van der Waals surface area contributed by atoms with Gasteiger partial charge < -0.3 is 15.7 Å². The summed E-state index contributed by atoms with van der Waals surface area (Å²) in [6.45, 7) is 2.83. The standard InChI is InChI=1S/C20H22N4O/c1-15(17-5-3-2-4-6-17)23-19-12-14-22-20(24-19)21-13-11-16-7-9-18(25)10-8-16/h2-10,12,14-15,25H,11,13H2,1H3,(H2,21,22,23,24). The zero-order valence-electron chi connectivity index (χ0n) is 14.2. The Kier molecular flexibility index (Phi) is 5.46. The highest BCUT2D eigenvalue weighted by molar-refractivity contribution is 5.42. The van der Waals surface area contributed by atoms with Crippen molar-refractivity contribution in [3.05, 3.63) is 78.0 Å². The third-order valence-electron chi connectivity index (χ3n) is 3.95. The molecule has 5 heteroatoms. The van der Waals surface area contributed by atoms with Gasteiger partial charge in [-0.2, -0.15) is 4.98 Å². The van der Waals surface area contributed by atoms with Crippen LogP contribution in [0.4, 0.5) is 11.8 Å². The van der Waals surface area contributed by atoms with Crippen molar-refractivity contribution in [1.29, 1.82) is 0 Å². The van der Waals surface area contributed by atoms with Crippen LogP contribution in [0.5, 0.6) is 5.75 Å². The Morgan fingerprint density at radius 2 is 1.76 bits per heavy atom. The molecular weight excluding hydrogens is 312 g/mol. The summed E-state index contributed by atoms with van der Waals surface area (Å²) in [7, 11) is 0. The second-order valence-electron chi connectivity index (χ2n) is 5.89. The average molecular weight is 334 g/mol. The van der Waals surface area contributed by atoms with Crippen LogP contribution in [0.2, 0.25) is 0 Å². The maximum Gasteiger partial charge on any atom is 0.224 e. The lowest BCUT2D eigenvalue weighted by Gasteiger charge is -2.15. The molecule has 0 amide bonds. The van der Waals surface area contributed by atoms with Gasteiger partial charge in [0.05, 0.1) is 0 Å². The van der Waals surface area contributed by atoms with Gasteiger partial charge >= 0.3 is 0 Å². The van der Waals surface area contributed by atoms with Crippen molar-refractivity contribution in [1.82, 2.24) is 9.97 Å². The lowest BCUT2D eigenvalue weighted by Crippen LogP contribution is -2.11. The molecule has 0 radical (unpaired) electrons. The zero-order valence-corrected chi connectivity index (χ0v) is 14.2. The van der Waals surface area contributed by atoms with Gasteiger partial charge in [-0.15, -0.1) is 0 Å². The molecule has 3 N–H and O–H groups in total. The second-order valence-corrected chi connectivity index (χ2v) is 5.89. The lowest BCUT2D eigenvalue weighted by molar-refractivity contribution is 0.475. The van der Waals surface area contributed by atoms with Gasteiger partial charge in [-0.25, -0.2) is 4.98 Å². The summed E-state index contributed by atoms with van der Waals surface area (Å²) in [6, 6.07) is 19.5. The van der Waals surface area contributed by atoms with Crippen molar-refractivity contribution in [3.8, 4) is 5.75 Å². The average Bonchev–Trinajstić information content (AvgIpc) is 2.64. The first-order chi connectivity index (χ1) is 12.2. The molecule has 1 atom stereocenters. The number of rotatable bonds is 7. The summed E-state index contributed by atoms with van der Waals surface area (Å²) in [5.41, 5.74) is 2.36. The number of nitrogens with one attached hydrogen (secondary N) is 2. The van der Waals surface area contributed by atoms with E-state index in [1.165, 1.54) is 5.56 Å². The molecule has 3 aromatic rings. The zero-order chi connectivity index (χ0) is 17.5. The fourth-order valence-electron chi connectivity index (χ4n) is 2.55. The molecule has 0 saturated heterocycles. The van der Waals surface area contributed by atoms with E-state index >= 15 is 0 Å². The van der Waals surface area contributed by atoms with Crippen LogP contribution in [0, 0.1) is 0 Å². The largest absolute Gasteiger partial charge is 0.508 e. The maximum atomic E-state index is 9.30. The molecular formula is C20H22N4O. The Hall–Kier alpha value is -3.08. The van der Waals surface area contributed by atoms with Crippen molar-refractivity contribution in [2.24, 2.45) is 0 Å². The van der Waals surface area contributed by atoms with Gasteiger partial charge in [0.1, 0.15) is 11.6 Å². The normalized spacial score (nSPS) is 11.7. The molecule has 0 fully saturated rings. The number of aromatic hydroxyl groups is 1. The van der Waals surface area contributed by atoms with E-state index in [0.29, 0.717) is 5.95 Å². The van der Waals surface area contributed by atoms with Crippen molar-refractivity contribution in [3.63, 3.8) is 0 Å². The quantitative estimate of drug-likeness (QED) is 0.609. The van der Waals surface area contributed by atoms with E-state index in [2.05, 4.69) is 39.7 Å². The van der Waals surface area contributed by atoms with Crippen molar-refractivity contribution < 1.29 is 5.11 Å². The molecule has 128 valence electrons. The van der Waals surface area contributed by atoms with Gasteiger partial charge in [0.2, 0.25) is 5.95 Å². The molecule has 0 aliphatic carbocycles. The van der Waals surface area contributed by atoms with E-state index in [9.17, 15) is 5.11 Å². The van der Waals surface area contributed by atoms with Gasteiger partial charge in [-0.05, 0) is 42.7 Å². The predicted molar refractivity (Wildman–Crippen MR) is 101 cm³/mol. The summed E-state index contributed by atoms with van der Waals surface area (Å²) in [5, 5.41) is 15.9. The molecule has 1 unspecified atom stereocenters. The van der Waals surface area contributed by atoms with Crippen LogP contribution in [-0.4, -0.2) is 21.6 Å². The molecule has 1 heterocycles. The number of hydrogen-bond donors (Lipinski definition) is 3. The topological polar surface area (TPSA) is 70.1 Å². The molecule has 0 spiro atoms. The predicted octanol–water partition coefficient (Wildman–Crippen LogP) is 4.01. The molecule has 3 rings (SSSR count). The van der Waals surface area contributed by atoms with Gasteiger partial charge in [-0.3, -0.25) is 0 Å². The third kappa shape index (κ3) is 4.94. The van der Waals surface area contributed by atoms with Crippen LogP contribution in [0.25, 0.3) is 0 Å². The Morgan fingerprint density at radius 3 is 2.52 bits per heavy atom. The molecule has 0 saturated carbocycles. The summed E-state index contributed by atoms with van der Waals surface area (Å²) < 4.78 is 0. The van der Waals surface area contributed by atoms with Crippen LogP contribution in [-0.2, 0) is 6.42 Å². The molecule has 2 aromatic carbocycles. The van der Waals surface area contributed by atoms with Crippen LogP contribution < -0.4 is 10.6 Å². The second kappa shape index (κ2) is 8.15. The first-order valence-electron chi connectivity index (χ1n) is 8.37. The number of anilines is 2. The summed E-state index contributed by atoms with van der Waals surface area (Å²) >= 11 is 0. The summed E-state index contributed by atoms with van der Waals surface area (Å²) in [4.78, 5) is 8.77. The monoisotopic (exact) mass is 334 g/mol. The first kappa shape index (κ1) is 16.8. The Morgan fingerprint density at radius 1 is 1.00 bits per heavy atom. The minimum absolute atomic E-state index is 0.168. The Labute approximate surface area is 147 Å². The Bertz CT molecular complexity index is 790. The summed E-state index contributed by atoms with van der Waals surface area (Å²) in [6.07, 6.45) is 2.58. The summed E-state index contributed by atoms with van der Waals surface area (Å²) in [5.74, 6) is 1.67. The van der Waals surface area contributed by atoms with E-state index in [-0.39, 0.29) is 11.8 Å². The van der Waals surface area contributed by atoms with Crippen LogP contribution in [0.1, 0.15) is 24.1 Å². The SMILES string of the molecule is CC(Nc1ccnc(NCCc2ccc(O)cc2)n1)c1ccccc1. The molecule has 5 nitrogen and oxygen atoms in total.